The van der Waals surface area contributed by atoms with Crippen molar-refractivity contribution in [3.63, 3.8) is 0 Å². The van der Waals surface area contributed by atoms with Crippen LogP contribution in [0.1, 0.15) is 63.9 Å². The zero-order valence-corrected chi connectivity index (χ0v) is 48.4. The van der Waals surface area contributed by atoms with Crippen molar-refractivity contribution in [3.05, 3.63) is 262 Å². The van der Waals surface area contributed by atoms with Crippen molar-refractivity contribution in [2.75, 3.05) is 19.6 Å². The van der Waals surface area contributed by atoms with Gasteiger partial charge in [-0.3, -0.25) is 0 Å². The molecule has 4 aliphatic heterocycles. The maximum absolute atomic E-state index is 9.09. The van der Waals surface area contributed by atoms with Gasteiger partial charge in [-0.15, -0.1) is 0 Å². The highest BCUT2D eigenvalue weighted by molar-refractivity contribution is 7.03. The van der Waals surface area contributed by atoms with E-state index in [9.17, 15) is 0 Å². The van der Waals surface area contributed by atoms with Crippen LogP contribution in [0.15, 0.2) is 206 Å². The van der Waals surface area contributed by atoms with Crippen LogP contribution in [0.2, 0.25) is 0 Å². The van der Waals surface area contributed by atoms with Gasteiger partial charge in [-0.25, -0.2) is 0 Å². The number of hydrogen-bond acceptors (Lipinski definition) is 6. The number of para-hydroxylation sites is 8. The Morgan fingerprint density at radius 2 is 0.595 bits per heavy atom. The summed E-state index contributed by atoms with van der Waals surface area (Å²) in [5.74, 6) is 2.72. The minimum atomic E-state index is -2.46. The van der Waals surface area contributed by atoms with Gasteiger partial charge in [-0.2, -0.15) is 0 Å². The van der Waals surface area contributed by atoms with Crippen molar-refractivity contribution in [3.8, 4) is 23.0 Å². The zero-order valence-electron chi connectivity index (χ0n) is 54.4. The summed E-state index contributed by atoms with van der Waals surface area (Å²) in [6, 6.07) is 71.0. The molecule has 406 valence electrons. The molecule has 84 heavy (non-hydrogen) atoms. The molecule has 4 heterocycles. The first-order valence-electron chi connectivity index (χ1n) is 32.0. The minimum absolute atomic E-state index is 0.252. The molecule has 4 aliphatic rings. The number of anilines is 12. The smallest absolute Gasteiger partial charge is 0.252 e. The first kappa shape index (κ1) is 44.9. The number of rotatable bonds is 8. The minimum Gasteiger partial charge on any atom is -0.457 e. The molecule has 11 aromatic carbocycles. The number of nitrogens with zero attached hydrogens (tertiary/aromatic N) is 4. The lowest BCUT2D eigenvalue weighted by molar-refractivity contribution is 0.475. The molecule has 8 heteroatoms. The van der Waals surface area contributed by atoms with E-state index in [0.717, 1.165) is 146 Å². The van der Waals surface area contributed by atoms with Crippen molar-refractivity contribution >= 4 is 114 Å². The molecule has 0 amide bonds. The second-order valence-electron chi connectivity index (χ2n) is 23.2. The standard InChI is InChI=1S/C76H64B2N4O2/c1-45-23-11-15-35-61(45)79-65-44-66-60(43-59(65)77-57-33-13-17-37-63(57)81(73-47(3)25-19-26-48(73)4)69-41-55(39-67(79)71(69)77)83-75-51(7)29-21-30-52(75)8)78-58-34-14-18-38-64(58)82(74-49(5)27-20-28-50(74)6)70-42-56(84-76-53(9)31-22-32-54(76)10)40-68(72(70)78)80(66)62-36-16-12-24-46(62)2/h11-44H,1-10H3/i3D3,5D3. The van der Waals surface area contributed by atoms with Gasteiger partial charge in [-0.05, 0) is 188 Å². The SMILES string of the molecule is [2H]C([2H])([2H])c1cccc(C)c1N1c2ccccc2B2c3cc4c(cc3N(c3ccccc3C)c3cc(Oc5c(C)cccc5C)cc1c32)N(c1ccccc1C)c1cc(Oc2c(C)cccc2C)cc2c1B4c1ccccc1N2c1c(C)cccc1C([2H])([2H])[2H]. The van der Waals surface area contributed by atoms with Gasteiger partial charge in [0.05, 0.1) is 11.4 Å². The molecular weight excluding hydrogens is 1020 g/mol. The average molecular weight is 1090 g/mol. The van der Waals surface area contributed by atoms with Crippen LogP contribution < -0.4 is 61.9 Å². The van der Waals surface area contributed by atoms with Crippen LogP contribution in [0, 0.1) is 69.1 Å². The largest absolute Gasteiger partial charge is 0.457 e. The molecule has 0 saturated carbocycles. The van der Waals surface area contributed by atoms with E-state index < -0.39 is 13.7 Å². The van der Waals surface area contributed by atoms with E-state index in [1.165, 1.54) is 0 Å². The van der Waals surface area contributed by atoms with E-state index in [4.69, 9.17) is 17.7 Å². The molecule has 0 spiro atoms. The molecule has 6 nitrogen and oxygen atoms in total. The number of ether oxygens (including phenoxy) is 2. The predicted molar refractivity (Wildman–Crippen MR) is 355 cm³/mol. The monoisotopic (exact) mass is 1090 g/mol. The highest BCUT2D eigenvalue weighted by Gasteiger charge is 2.49. The Bertz CT molecular complexity index is 4490. The van der Waals surface area contributed by atoms with Gasteiger partial charge >= 0.3 is 0 Å². The van der Waals surface area contributed by atoms with Crippen LogP contribution in [-0.2, 0) is 0 Å². The molecule has 0 saturated heterocycles. The van der Waals surface area contributed by atoms with Crippen molar-refractivity contribution in [1.82, 2.24) is 0 Å². The summed E-state index contributed by atoms with van der Waals surface area (Å²) in [6.07, 6.45) is 0. The Morgan fingerprint density at radius 1 is 0.274 bits per heavy atom. The summed E-state index contributed by atoms with van der Waals surface area (Å²) >= 11 is 0. The molecule has 15 rings (SSSR count). The summed E-state index contributed by atoms with van der Waals surface area (Å²) in [5.41, 5.74) is 24.6. The molecule has 0 aliphatic carbocycles. The molecule has 0 fully saturated rings. The summed E-state index contributed by atoms with van der Waals surface area (Å²) in [5, 5.41) is 0. The number of aryl methyl sites for hydroxylation is 10. The quantitative estimate of drug-likeness (QED) is 0.141. The second kappa shape index (κ2) is 19.5. The van der Waals surface area contributed by atoms with Crippen LogP contribution in [0.5, 0.6) is 23.0 Å². The first-order chi connectivity index (χ1) is 43.3. The zero-order chi connectivity index (χ0) is 62.4. The third-order valence-electron chi connectivity index (χ3n) is 17.9. The van der Waals surface area contributed by atoms with E-state index in [2.05, 4.69) is 207 Å². The molecule has 0 atom stereocenters. The van der Waals surface area contributed by atoms with E-state index in [-0.39, 0.29) is 24.6 Å². The van der Waals surface area contributed by atoms with Gasteiger partial charge in [0.25, 0.3) is 13.4 Å². The Kier molecular flexibility index (Phi) is 10.4. The number of benzene rings is 11. The summed E-state index contributed by atoms with van der Waals surface area (Å²) in [4.78, 5) is 9.19. The lowest BCUT2D eigenvalue weighted by atomic mass is 9.30. The normalized spacial score (nSPS) is 14.6. The lowest BCUT2D eigenvalue weighted by Gasteiger charge is -2.48. The molecule has 0 aromatic heterocycles. The Morgan fingerprint density at radius 3 is 0.976 bits per heavy atom. The van der Waals surface area contributed by atoms with Crippen LogP contribution in [0.3, 0.4) is 0 Å². The fourth-order valence-electron chi connectivity index (χ4n) is 14.2. The van der Waals surface area contributed by atoms with Crippen molar-refractivity contribution in [2.24, 2.45) is 0 Å². The number of hydrogen-bond donors (Lipinski definition) is 0. The second-order valence-corrected chi connectivity index (χ2v) is 23.2. The van der Waals surface area contributed by atoms with Crippen molar-refractivity contribution < 1.29 is 17.7 Å². The summed E-state index contributed by atoms with van der Waals surface area (Å²) in [6.45, 7) is 10.9. The van der Waals surface area contributed by atoms with Crippen LogP contribution in [-0.4, -0.2) is 13.4 Å². The highest BCUT2D eigenvalue weighted by atomic mass is 16.5. The molecule has 11 aromatic rings. The van der Waals surface area contributed by atoms with E-state index in [0.29, 0.717) is 22.9 Å². The van der Waals surface area contributed by atoms with Crippen LogP contribution in [0.25, 0.3) is 0 Å². The summed E-state index contributed by atoms with van der Waals surface area (Å²) in [7, 11) is 0. The molecule has 0 bridgehead atoms. The summed E-state index contributed by atoms with van der Waals surface area (Å²) < 4.78 is 69.0. The molecule has 0 N–H and O–H groups in total. The van der Waals surface area contributed by atoms with Gasteiger partial charge in [0.2, 0.25) is 0 Å². The van der Waals surface area contributed by atoms with Crippen molar-refractivity contribution in [2.45, 2.75) is 69.1 Å². The Labute approximate surface area is 503 Å². The Hall–Kier alpha value is -9.65. The fraction of sp³-hybridized carbons (Fsp3) is 0.132. The van der Waals surface area contributed by atoms with Gasteiger partial charge in [-0.1, -0.05) is 152 Å². The topological polar surface area (TPSA) is 31.4 Å². The maximum atomic E-state index is 9.09. The first-order valence-corrected chi connectivity index (χ1v) is 29.0. The Balaban J connectivity index is 1.09. The predicted octanol–water partition coefficient (Wildman–Crippen LogP) is 16.5. The maximum Gasteiger partial charge on any atom is 0.252 e. The van der Waals surface area contributed by atoms with Crippen LogP contribution >= 0.6 is 0 Å². The van der Waals surface area contributed by atoms with E-state index >= 15 is 0 Å². The van der Waals surface area contributed by atoms with Crippen LogP contribution in [0.4, 0.5) is 68.2 Å². The molecule has 0 unspecified atom stereocenters. The van der Waals surface area contributed by atoms with E-state index in [1.807, 2.05) is 62.4 Å². The van der Waals surface area contributed by atoms with Gasteiger partial charge in [0.15, 0.2) is 0 Å². The number of fused-ring (bicyclic) bond motifs is 8. The molecule has 0 radical (unpaired) electrons. The average Bonchev–Trinajstić information content (AvgIpc) is 0.687. The van der Waals surface area contributed by atoms with Crippen molar-refractivity contribution in [1.29, 1.82) is 0 Å². The third kappa shape index (κ3) is 7.73. The van der Waals surface area contributed by atoms with E-state index in [1.54, 1.807) is 12.1 Å². The fourth-order valence-corrected chi connectivity index (χ4v) is 14.2. The lowest BCUT2D eigenvalue weighted by Crippen LogP contribution is -2.65. The van der Waals surface area contributed by atoms with Gasteiger partial charge in [0.1, 0.15) is 23.0 Å². The highest BCUT2D eigenvalue weighted by Crippen LogP contribution is 2.53. The van der Waals surface area contributed by atoms with Gasteiger partial charge in [0, 0.05) is 89.4 Å². The third-order valence-corrected chi connectivity index (χ3v) is 17.9. The molecular formula is C76H64B2N4O2. The van der Waals surface area contributed by atoms with Gasteiger partial charge < -0.3 is 29.1 Å².